The van der Waals surface area contributed by atoms with Crippen LogP contribution in [-0.4, -0.2) is 60.0 Å². The second kappa shape index (κ2) is 6.94. The Morgan fingerprint density at radius 1 is 1.42 bits per heavy atom. The fourth-order valence-electron chi connectivity index (χ4n) is 3.72. The van der Waals surface area contributed by atoms with Crippen molar-refractivity contribution in [3.8, 4) is 6.07 Å². The van der Waals surface area contributed by atoms with Gasteiger partial charge >= 0.3 is 0 Å². The summed E-state index contributed by atoms with van der Waals surface area (Å²) < 4.78 is 7.53. The molecule has 2 aliphatic heterocycles. The molecule has 2 aromatic rings. The zero-order valence-electron chi connectivity index (χ0n) is 14.7. The molecule has 8 nitrogen and oxygen atoms in total. The van der Waals surface area contributed by atoms with E-state index < -0.39 is 6.10 Å². The minimum atomic E-state index is -0.516. The number of hydrogen-bond donors (Lipinski definition) is 2. The molecular formula is C18H22N6O2. The number of nitrogens with zero attached hydrogens (tertiary/aromatic N) is 4. The van der Waals surface area contributed by atoms with Crippen LogP contribution in [0.2, 0.25) is 0 Å². The lowest BCUT2D eigenvalue weighted by atomic mass is 10.1. The number of morpholine rings is 1. The Morgan fingerprint density at radius 2 is 2.31 bits per heavy atom. The van der Waals surface area contributed by atoms with Crippen molar-refractivity contribution in [2.24, 2.45) is 0 Å². The summed E-state index contributed by atoms with van der Waals surface area (Å²) in [5.41, 5.74) is 2.30. The highest BCUT2D eigenvalue weighted by Gasteiger charge is 2.32. The van der Waals surface area contributed by atoms with Crippen molar-refractivity contribution in [3.05, 3.63) is 30.1 Å². The molecule has 2 fully saturated rings. The van der Waals surface area contributed by atoms with Gasteiger partial charge in [-0.05, 0) is 38.1 Å². The second-order valence-electron chi connectivity index (χ2n) is 6.88. The third-order valence-corrected chi connectivity index (χ3v) is 4.95. The summed E-state index contributed by atoms with van der Waals surface area (Å²) in [4.78, 5) is 14.8. The van der Waals surface area contributed by atoms with Gasteiger partial charge in [0.15, 0.2) is 6.10 Å². The van der Waals surface area contributed by atoms with Crippen LogP contribution < -0.4 is 15.5 Å². The molecule has 0 aromatic carbocycles. The molecule has 2 saturated heterocycles. The topological polar surface area (TPSA) is 94.7 Å². The number of aromatic nitrogens is 2. The number of rotatable bonds is 3. The molecule has 26 heavy (non-hydrogen) atoms. The van der Waals surface area contributed by atoms with Crippen molar-refractivity contribution in [1.29, 1.82) is 5.26 Å². The van der Waals surface area contributed by atoms with E-state index >= 15 is 0 Å². The SMILES string of the molecule is C[C@@H]1CN(c2ccc(C#N)n3nccc23)C[C@H](C(=O)NC2CCNC2)O1. The predicted octanol–water partition coefficient (Wildman–Crippen LogP) is 0.278. The average molecular weight is 354 g/mol. The summed E-state index contributed by atoms with van der Waals surface area (Å²) in [6.45, 7) is 4.87. The van der Waals surface area contributed by atoms with Crippen LogP contribution in [0.15, 0.2) is 24.4 Å². The molecule has 0 radical (unpaired) electrons. The molecule has 4 rings (SSSR count). The number of fused-ring (bicyclic) bond motifs is 1. The highest BCUT2D eigenvalue weighted by molar-refractivity contribution is 5.83. The molecule has 2 aromatic heterocycles. The molecule has 1 amide bonds. The highest BCUT2D eigenvalue weighted by atomic mass is 16.5. The summed E-state index contributed by atoms with van der Waals surface area (Å²) in [5, 5.41) is 19.8. The Balaban J connectivity index is 1.56. The average Bonchev–Trinajstić information content (AvgIpc) is 3.32. The number of nitriles is 1. The molecule has 0 aliphatic carbocycles. The molecule has 3 atom stereocenters. The minimum Gasteiger partial charge on any atom is -0.364 e. The van der Waals surface area contributed by atoms with Crippen molar-refractivity contribution in [2.45, 2.75) is 31.6 Å². The third kappa shape index (κ3) is 3.11. The lowest BCUT2D eigenvalue weighted by Gasteiger charge is -2.38. The first kappa shape index (κ1) is 16.8. The maximum Gasteiger partial charge on any atom is 0.251 e. The van der Waals surface area contributed by atoms with E-state index in [0.29, 0.717) is 18.8 Å². The maximum absolute atomic E-state index is 12.6. The molecule has 2 aliphatic rings. The van der Waals surface area contributed by atoms with E-state index in [1.807, 2.05) is 19.1 Å². The van der Waals surface area contributed by atoms with Gasteiger partial charge in [-0.1, -0.05) is 0 Å². The van der Waals surface area contributed by atoms with Crippen molar-refractivity contribution >= 4 is 17.1 Å². The van der Waals surface area contributed by atoms with Crippen LogP contribution in [0.3, 0.4) is 0 Å². The number of ether oxygens (including phenoxy) is 1. The quantitative estimate of drug-likeness (QED) is 0.822. The van der Waals surface area contributed by atoms with E-state index in [1.165, 1.54) is 0 Å². The molecule has 4 heterocycles. The smallest absolute Gasteiger partial charge is 0.251 e. The zero-order chi connectivity index (χ0) is 18.1. The van der Waals surface area contributed by atoms with Crippen LogP contribution in [-0.2, 0) is 9.53 Å². The van der Waals surface area contributed by atoms with E-state index in [-0.39, 0.29) is 18.1 Å². The lowest BCUT2D eigenvalue weighted by molar-refractivity contribution is -0.137. The van der Waals surface area contributed by atoms with Crippen LogP contribution in [0.5, 0.6) is 0 Å². The van der Waals surface area contributed by atoms with Crippen LogP contribution in [0.4, 0.5) is 5.69 Å². The van der Waals surface area contributed by atoms with Gasteiger partial charge in [-0.2, -0.15) is 10.4 Å². The third-order valence-electron chi connectivity index (χ3n) is 4.95. The number of nitrogens with one attached hydrogen (secondary N) is 2. The molecule has 136 valence electrons. The van der Waals surface area contributed by atoms with Gasteiger partial charge in [0.05, 0.1) is 30.0 Å². The van der Waals surface area contributed by atoms with Gasteiger partial charge in [0.2, 0.25) is 0 Å². The summed E-state index contributed by atoms with van der Waals surface area (Å²) in [7, 11) is 0. The highest BCUT2D eigenvalue weighted by Crippen LogP contribution is 2.26. The number of carbonyl (C=O) groups is 1. The van der Waals surface area contributed by atoms with E-state index in [2.05, 4.69) is 26.7 Å². The van der Waals surface area contributed by atoms with E-state index in [9.17, 15) is 10.1 Å². The number of anilines is 1. The van der Waals surface area contributed by atoms with Crippen LogP contribution in [0, 0.1) is 11.3 Å². The van der Waals surface area contributed by atoms with Gasteiger partial charge in [-0.25, -0.2) is 4.52 Å². The molecule has 0 bridgehead atoms. The molecule has 2 N–H and O–H groups in total. The zero-order valence-corrected chi connectivity index (χ0v) is 14.7. The fourth-order valence-corrected chi connectivity index (χ4v) is 3.72. The van der Waals surface area contributed by atoms with E-state index in [4.69, 9.17) is 4.74 Å². The Labute approximate surface area is 151 Å². The van der Waals surface area contributed by atoms with Crippen LogP contribution in [0.1, 0.15) is 19.0 Å². The first-order valence-corrected chi connectivity index (χ1v) is 8.94. The number of hydrogen-bond acceptors (Lipinski definition) is 6. The summed E-state index contributed by atoms with van der Waals surface area (Å²) >= 11 is 0. The van der Waals surface area contributed by atoms with Gasteiger partial charge in [-0.3, -0.25) is 4.79 Å². The number of pyridine rings is 1. The van der Waals surface area contributed by atoms with Gasteiger partial charge < -0.3 is 20.3 Å². The number of amides is 1. The van der Waals surface area contributed by atoms with Crippen LogP contribution in [0.25, 0.3) is 5.52 Å². The van der Waals surface area contributed by atoms with Gasteiger partial charge in [0, 0.05) is 19.1 Å². The Bertz CT molecular complexity index is 851. The molecule has 1 unspecified atom stereocenters. The van der Waals surface area contributed by atoms with Crippen molar-refractivity contribution < 1.29 is 9.53 Å². The Morgan fingerprint density at radius 3 is 3.08 bits per heavy atom. The summed E-state index contributed by atoms with van der Waals surface area (Å²) in [6, 6.07) is 7.89. The van der Waals surface area contributed by atoms with E-state index in [1.54, 1.807) is 16.8 Å². The summed E-state index contributed by atoms with van der Waals surface area (Å²) in [5.74, 6) is -0.0616. The van der Waals surface area contributed by atoms with E-state index in [0.717, 1.165) is 30.7 Å². The normalized spacial score (nSPS) is 26.0. The van der Waals surface area contributed by atoms with Gasteiger partial charge in [0.1, 0.15) is 11.8 Å². The maximum atomic E-state index is 12.6. The molecular weight excluding hydrogens is 332 g/mol. The second-order valence-corrected chi connectivity index (χ2v) is 6.88. The minimum absolute atomic E-state index is 0.0616. The monoisotopic (exact) mass is 354 g/mol. The lowest BCUT2D eigenvalue weighted by Crippen LogP contribution is -2.54. The predicted molar refractivity (Wildman–Crippen MR) is 95.9 cm³/mol. The van der Waals surface area contributed by atoms with Gasteiger partial charge in [0.25, 0.3) is 5.91 Å². The molecule has 0 spiro atoms. The Hall–Kier alpha value is -2.63. The first-order chi connectivity index (χ1) is 12.7. The first-order valence-electron chi connectivity index (χ1n) is 8.94. The Kier molecular flexibility index (Phi) is 4.49. The largest absolute Gasteiger partial charge is 0.364 e. The molecule has 0 saturated carbocycles. The van der Waals surface area contributed by atoms with Crippen molar-refractivity contribution in [1.82, 2.24) is 20.2 Å². The van der Waals surface area contributed by atoms with Gasteiger partial charge in [-0.15, -0.1) is 0 Å². The van der Waals surface area contributed by atoms with Crippen LogP contribution >= 0.6 is 0 Å². The van der Waals surface area contributed by atoms with Crippen molar-refractivity contribution in [3.63, 3.8) is 0 Å². The summed E-state index contributed by atoms with van der Waals surface area (Å²) in [6.07, 6.45) is 2.04. The fraction of sp³-hybridized carbons (Fsp3) is 0.500. The van der Waals surface area contributed by atoms with Crippen molar-refractivity contribution in [2.75, 3.05) is 31.1 Å². The standard InChI is InChI=1S/C18H22N6O2/c1-12-10-23(11-17(26-12)18(25)22-13-4-6-20-9-13)15-3-2-14(8-19)24-16(15)5-7-21-24/h2-3,5,7,12-13,17,20H,4,6,9-11H2,1H3,(H,22,25)/t12-,13?,17-/m1/s1. The molecule has 8 heteroatoms. The number of carbonyl (C=O) groups excluding carboxylic acids is 1.